The first-order chi connectivity index (χ1) is 9.29. The molecule has 0 amide bonds. The third kappa shape index (κ3) is 2.40. The molecule has 2 aromatic rings. The topological polar surface area (TPSA) is 31.1 Å². The van der Waals surface area contributed by atoms with Gasteiger partial charge in [0.15, 0.2) is 0 Å². The van der Waals surface area contributed by atoms with Crippen molar-refractivity contribution in [2.75, 3.05) is 26.2 Å². The summed E-state index contributed by atoms with van der Waals surface area (Å²) in [5.41, 5.74) is 4.11. The van der Waals surface area contributed by atoms with Gasteiger partial charge >= 0.3 is 0 Å². The Labute approximate surface area is 115 Å². The number of H-pyrrole nitrogens is 1. The summed E-state index contributed by atoms with van der Waals surface area (Å²) >= 11 is 0. The van der Waals surface area contributed by atoms with E-state index in [0.717, 1.165) is 32.6 Å². The van der Waals surface area contributed by atoms with Gasteiger partial charge in [0.1, 0.15) is 0 Å². The molecule has 102 valence electrons. The monoisotopic (exact) mass is 257 g/mol. The number of hydrogen-bond acceptors (Lipinski definition) is 2. The Kier molecular flexibility index (Phi) is 3.58. The lowest BCUT2D eigenvalue weighted by molar-refractivity contribution is 0.186. The fourth-order valence-corrected chi connectivity index (χ4v) is 3.02. The van der Waals surface area contributed by atoms with Crippen LogP contribution in [0, 0.1) is 0 Å². The lowest BCUT2D eigenvalue weighted by Crippen LogP contribution is -2.44. The lowest BCUT2D eigenvalue weighted by atomic mass is 10.0. The van der Waals surface area contributed by atoms with E-state index in [1.54, 1.807) is 0 Å². The zero-order valence-corrected chi connectivity index (χ0v) is 11.9. The van der Waals surface area contributed by atoms with Crippen LogP contribution in [0.5, 0.6) is 0 Å². The largest absolute Gasteiger partial charge is 0.361 e. The molecule has 0 aliphatic carbocycles. The summed E-state index contributed by atoms with van der Waals surface area (Å²) in [6, 6.07) is 7.27. The predicted molar refractivity (Wildman–Crippen MR) is 80.5 cm³/mol. The quantitative estimate of drug-likeness (QED) is 0.886. The van der Waals surface area contributed by atoms with Crippen molar-refractivity contribution in [2.24, 2.45) is 0 Å². The van der Waals surface area contributed by atoms with Crippen molar-refractivity contribution < 1.29 is 0 Å². The minimum atomic E-state index is 0.489. The summed E-state index contributed by atoms with van der Waals surface area (Å²) in [7, 11) is 0. The Morgan fingerprint density at radius 3 is 2.79 bits per heavy atom. The first-order valence-electron chi connectivity index (χ1n) is 7.34. The van der Waals surface area contributed by atoms with Gasteiger partial charge in [-0.15, -0.1) is 0 Å². The van der Waals surface area contributed by atoms with E-state index in [2.05, 4.69) is 53.4 Å². The van der Waals surface area contributed by atoms with Crippen molar-refractivity contribution in [1.29, 1.82) is 0 Å². The van der Waals surface area contributed by atoms with Gasteiger partial charge in [0.2, 0.25) is 0 Å². The van der Waals surface area contributed by atoms with Gasteiger partial charge in [0, 0.05) is 49.3 Å². The van der Waals surface area contributed by atoms with Gasteiger partial charge in [-0.05, 0) is 36.6 Å². The summed E-state index contributed by atoms with van der Waals surface area (Å²) in [5.74, 6) is 0. The molecule has 1 aromatic heterocycles. The zero-order chi connectivity index (χ0) is 13.2. The molecule has 1 fully saturated rings. The van der Waals surface area contributed by atoms with Gasteiger partial charge < -0.3 is 10.3 Å². The highest BCUT2D eigenvalue weighted by Crippen LogP contribution is 2.29. The van der Waals surface area contributed by atoms with Crippen molar-refractivity contribution in [3.05, 3.63) is 35.5 Å². The molecule has 3 rings (SSSR count). The Balaban J connectivity index is 1.94. The smallest absolute Gasteiger partial charge is 0.0457 e. The summed E-state index contributed by atoms with van der Waals surface area (Å²) in [5, 5.41) is 4.81. The van der Waals surface area contributed by atoms with Crippen LogP contribution in [0.4, 0.5) is 0 Å². The summed E-state index contributed by atoms with van der Waals surface area (Å²) < 4.78 is 0. The van der Waals surface area contributed by atoms with Crippen LogP contribution in [0.1, 0.15) is 31.0 Å². The van der Waals surface area contributed by atoms with Crippen molar-refractivity contribution in [3.63, 3.8) is 0 Å². The van der Waals surface area contributed by atoms with Gasteiger partial charge in [-0.1, -0.05) is 13.0 Å². The molecule has 2 heterocycles. The van der Waals surface area contributed by atoms with Gasteiger partial charge in [-0.2, -0.15) is 0 Å². The number of piperazine rings is 1. The summed E-state index contributed by atoms with van der Waals surface area (Å²) in [4.78, 5) is 5.98. The average molecular weight is 257 g/mol. The number of aryl methyl sites for hydroxylation is 1. The second-order valence-corrected chi connectivity index (χ2v) is 5.44. The van der Waals surface area contributed by atoms with Gasteiger partial charge in [0.05, 0.1) is 0 Å². The van der Waals surface area contributed by atoms with Crippen LogP contribution in [0.25, 0.3) is 10.9 Å². The number of nitrogens with zero attached hydrogens (tertiary/aromatic N) is 1. The number of aromatic amines is 1. The van der Waals surface area contributed by atoms with Gasteiger partial charge in [0.25, 0.3) is 0 Å². The van der Waals surface area contributed by atoms with Crippen molar-refractivity contribution in [3.8, 4) is 0 Å². The molecule has 0 spiro atoms. The standard InChI is InChI=1S/C16H23N3/c1-3-13-4-5-16-14(10-13)15(11-18-16)12(2)19-8-6-17-7-9-19/h4-5,10-12,17-18H,3,6-9H2,1-2H3. The van der Waals surface area contributed by atoms with Crippen LogP contribution < -0.4 is 5.32 Å². The minimum absolute atomic E-state index is 0.489. The van der Waals surface area contributed by atoms with E-state index in [0.29, 0.717) is 6.04 Å². The predicted octanol–water partition coefficient (Wildman–Crippen LogP) is 2.70. The molecule has 0 bridgehead atoms. The molecule has 0 radical (unpaired) electrons. The Morgan fingerprint density at radius 2 is 2.05 bits per heavy atom. The molecular weight excluding hydrogens is 234 g/mol. The second-order valence-electron chi connectivity index (χ2n) is 5.44. The van der Waals surface area contributed by atoms with E-state index in [1.807, 2.05) is 0 Å². The lowest BCUT2D eigenvalue weighted by Gasteiger charge is -2.32. The van der Waals surface area contributed by atoms with E-state index in [4.69, 9.17) is 0 Å². The molecule has 0 saturated carbocycles. The molecule has 1 saturated heterocycles. The first-order valence-corrected chi connectivity index (χ1v) is 7.34. The van der Waals surface area contributed by atoms with Crippen LogP contribution in [0.15, 0.2) is 24.4 Å². The van der Waals surface area contributed by atoms with Crippen LogP contribution in [-0.2, 0) is 6.42 Å². The highest BCUT2D eigenvalue weighted by atomic mass is 15.2. The van der Waals surface area contributed by atoms with E-state index in [1.165, 1.54) is 22.0 Å². The average Bonchev–Trinajstić information content (AvgIpc) is 2.90. The Hall–Kier alpha value is -1.32. The number of fused-ring (bicyclic) bond motifs is 1. The zero-order valence-electron chi connectivity index (χ0n) is 11.9. The molecule has 19 heavy (non-hydrogen) atoms. The molecule has 1 atom stereocenters. The fraction of sp³-hybridized carbons (Fsp3) is 0.500. The summed E-state index contributed by atoms with van der Waals surface area (Å²) in [6.45, 7) is 9.03. The van der Waals surface area contributed by atoms with Gasteiger partial charge in [-0.25, -0.2) is 0 Å². The summed E-state index contributed by atoms with van der Waals surface area (Å²) in [6.07, 6.45) is 3.29. The van der Waals surface area contributed by atoms with E-state index in [9.17, 15) is 0 Å². The maximum atomic E-state index is 3.42. The van der Waals surface area contributed by atoms with E-state index >= 15 is 0 Å². The minimum Gasteiger partial charge on any atom is -0.361 e. The molecule has 1 aliphatic heterocycles. The van der Waals surface area contributed by atoms with Crippen LogP contribution >= 0.6 is 0 Å². The number of rotatable bonds is 3. The SMILES string of the molecule is CCc1ccc2[nH]cc(C(C)N3CCNCC3)c2c1. The van der Waals surface area contributed by atoms with Gasteiger partial charge in [-0.3, -0.25) is 4.90 Å². The third-order valence-electron chi connectivity index (χ3n) is 4.34. The molecule has 2 N–H and O–H groups in total. The molecule has 3 nitrogen and oxygen atoms in total. The molecule has 1 unspecified atom stereocenters. The molecule has 1 aromatic carbocycles. The van der Waals surface area contributed by atoms with Crippen LogP contribution in [-0.4, -0.2) is 36.1 Å². The number of hydrogen-bond donors (Lipinski definition) is 2. The Morgan fingerprint density at radius 1 is 1.26 bits per heavy atom. The third-order valence-corrected chi connectivity index (χ3v) is 4.34. The van der Waals surface area contributed by atoms with E-state index in [-0.39, 0.29) is 0 Å². The molecule has 3 heteroatoms. The normalized spacial score (nSPS) is 18.8. The number of aromatic nitrogens is 1. The maximum Gasteiger partial charge on any atom is 0.0457 e. The van der Waals surface area contributed by atoms with Crippen molar-refractivity contribution >= 4 is 10.9 Å². The Bertz CT molecular complexity index is 552. The van der Waals surface area contributed by atoms with Crippen molar-refractivity contribution in [2.45, 2.75) is 26.3 Å². The highest BCUT2D eigenvalue weighted by Gasteiger charge is 2.20. The van der Waals surface area contributed by atoms with Crippen LogP contribution in [0.3, 0.4) is 0 Å². The highest BCUT2D eigenvalue weighted by molar-refractivity contribution is 5.84. The van der Waals surface area contributed by atoms with Crippen molar-refractivity contribution in [1.82, 2.24) is 15.2 Å². The first kappa shape index (κ1) is 12.7. The molecular formula is C16H23N3. The van der Waals surface area contributed by atoms with E-state index < -0.39 is 0 Å². The number of nitrogens with one attached hydrogen (secondary N) is 2. The molecule has 1 aliphatic rings. The second kappa shape index (κ2) is 5.35. The maximum absolute atomic E-state index is 3.42. The number of benzene rings is 1. The van der Waals surface area contributed by atoms with Crippen LogP contribution in [0.2, 0.25) is 0 Å². The fourth-order valence-electron chi connectivity index (χ4n) is 3.02.